The van der Waals surface area contributed by atoms with Gasteiger partial charge in [-0.2, -0.15) is 0 Å². The van der Waals surface area contributed by atoms with Crippen molar-refractivity contribution in [2.24, 2.45) is 4.99 Å². The molecule has 8 nitrogen and oxygen atoms in total. The molecular formula is C28H27N3O5S. The second kappa shape index (κ2) is 12.1. The van der Waals surface area contributed by atoms with Gasteiger partial charge < -0.3 is 19.5 Å². The van der Waals surface area contributed by atoms with E-state index < -0.39 is 5.91 Å². The van der Waals surface area contributed by atoms with Crippen molar-refractivity contribution in [1.29, 1.82) is 0 Å². The Labute approximate surface area is 219 Å². The number of hydrogen-bond donors (Lipinski definition) is 1. The standard InChI is InChI=1S/C28H27N3O5S/c1-4-17-36-24-13-7-19(8-14-24)29-26(32)18-25-27(33)31(21-9-15-23(35-3)16-10-21)28(37-25)30-20-5-11-22(34-2)12-6-20/h5-16,18H,4,17H2,1-3H3,(H,29,32)/b25-18+,30-28?. The number of hydrogen-bond acceptors (Lipinski definition) is 7. The normalized spacial score (nSPS) is 15.2. The van der Waals surface area contributed by atoms with E-state index in [0.717, 1.165) is 23.9 Å². The summed E-state index contributed by atoms with van der Waals surface area (Å²) in [7, 11) is 3.17. The molecule has 1 heterocycles. The fourth-order valence-corrected chi connectivity index (χ4v) is 4.40. The van der Waals surface area contributed by atoms with Crippen LogP contribution in [-0.4, -0.2) is 37.8 Å². The van der Waals surface area contributed by atoms with E-state index in [9.17, 15) is 9.59 Å². The Balaban J connectivity index is 1.58. The fourth-order valence-electron chi connectivity index (χ4n) is 3.43. The van der Waals surface area contributed by atoms with Crippen LogP contribution in [0.25, 0.3) is 0 Å². The van der Waals surface area contributed by atoms with Crippen molar-refractivity contribution >= 4 is 45.8 Å². The minimum Gasteiger partial charge on any atom is -0.497 e. The van der Waals surface area contributed by atoms with Gasteiger partial charge in [-0.05, 0) is 91.0 Å². The zero-order chi connectivity index (χ0) is 26.2. The molecule has 0 atom stereocenters. The summed E-state index contributed by atoms with van der Waals surface area (Å²) in [6.45, 7) is 2.66. The number of amides is 2. The second-order valence-corrected chi connectivity index (χ2v) is 8.91. The van der Waals surface area contributed by atoms with Crippen molar-refractivity contribution in [3.05, 3.63) is 83.8 Å². The molecule has 190 valence electrons. The molecule has 3 aromatic rings. The van der Waals surface area contributed by atoms with E-state index in [-0.39, 0.29) is 10.8 Å². The van der Waals surface area contributed by atoms with Crippen LogP contribution in [0, 0.1) is 0 Å². The van der Waals surface area contributed by atoms with E-state index in [0.29, 0.717) is 40.3 Å². The molecule has 0 bridgehead atoms. The van der Waals surface area contributed by atoms with Gasteiger partial charge in [-0.15, -0.1) is 0 Å². The van der Waals surface area contributed by atoms with Gasteiger partial charge in [0.05, 0.1) is 37.1 Å². The molecule has 3 aromatic carbocycles. The van der Waals surface area contributed by atoms with E-state index in [1.807, 2.05) is 6.92 Å². The first-order chi connectivity index (χ1) is 18.0. The van der Waals surface area contributed by atoms with Gasteiger partial charge in [0.2, 0.25) is 5.91 Å². The number of rotatable bonds is 9. The molecule has 0 aliphatic carbocycles. The number of methoxy groups -OCH3 is 2. The smallest absolute Gasteiger partial charge is 0.271 e. The first-order valence-corrected chi connectivity index (χ1v) is 12.5. The Morgan fingerprint density at radius 1 is 0.919 bits per heavy atom. The summed E-state index contributed by atoms with van der Waals surface area (Å²) in [5, 5.41) is 3.22. The molecule has 9 heteroatoms. The molecule has 0 unspecified atom stereocenters. The third-order valence-corrected chi connectivity index (χ3v) is 6.26. The molecule has 4 rings (SSSR count). The summed E-state index contributed by atoms with van der Waals surface area (Å²) in [4.78, 5) is 32.6. The quantitative estimate of drug-likeness (QED) is 0.362. The lowest BCUT2D eigenvalue weighted by molar-refractivity contribution is -0.115. The number of thioether (sulfide) groups is 1. The van der Waals surface area contributed by atoms with E-state index in [1.54, 1.807) is 87.0 Å². The number of aliphatic imine (C=N–C) groups is 1. The number of nitrogens with zero attached hydrogens (tertiary/aromatic N) is 2. The SMILES string of the molecule is CCCOc1ccc(NC(=O)/C=C2/SC(=Nc3ccc(OC)cc3)N(c3ccc(OC)cc3)C2=O)cc1. The third-order valence-electron chi connectivity index (χ3n) is 5.29. The number of anilines is 2. The maximum absolute atomic E-state index is 13.4. The highest BCUT2D eigenvalue weighted by Gasteiger charge is 2.35. The number of carbonyl (C=O) groups is 2. The van der Waals surface area contributed by atoms with Gasteiger partial charge in [0.15, 0.2) is 5.17 Å². The summed E-state index contributed by atoms with van der Waals surface area (Å²) in [6.07, 6.45) is 2.20. The maximum Gasteiger partial charge on any atom is 0.271 e. The van der Waals surface area contributed by atoms with Gasteiger partial charge in [0.1, 0.15) is 17.2 Å². The summed E-state index contributed by atoms with van der Waals surface area (Å²) in [5.41, 5.74) is 1.85. The van der Waals surface area contributed by atoms with Crippen LogP contribution in [0.3, 0.4) is 0 Å². The molecule has 1 saturated heterocycles. The van der Waals surface area contributed by atoms with E-state index >= 15 is 0 Å². The lowest BCUT2D eigenvalue weighted by Gasteiger charge is -2.16. The molecule has 1 fully saturated rings. The van der Waals surface area contributed by atoms with Crippen LogP contribution < -0.4 is 24.4 Å². The average molecular weight is 518 g/mol. The zero-order valence-corrected chi connectivity index (χ0v) is 21.6. The number of nitrogens with one attached hydrogen (secondary N) is 1. The van der Waals surface area contributed by atoms with E-state index in [2.05, 4.69) is 10.3 Å². The largest absolute Gasteiger partial charge is 0.497 e. The van der Waals surface area contributed by atoms with Crippen molar-refractivity contribution in [2.45, 2.75) is 13.3 Å². The van der Waals surface area contributed by atoms with Crippen LogP contribution >= 0.6 is 11.8 Å². The Kier molecular flexibility index (Phi) is 8.48. The van der Waals surface area contributed by atoms with Crippen LogP contribution in [0.5, 0.6) is 17.2 Å². The number of benzene rings is 3. The Morgan fingerprint density at radius 3 is 2.11 bits per heavy atom. The molecule has 0 spiro atoms. The van der Waals surface area contributed by atoms with Gasteiger partial charge in [-0.1, -0.05) is 6.92 Å². The van der Waals surface area contributed by atoms with E-state index in [4.69, 9.17) is 14.2 Å². The lowest BCUT2D eigenvalue weighted by atomic mass is 10.2. The van der Waals surface area contributed by atoms with Gasteiger partial charge in [0.25, 0.3) is 5.91 Å². The molecule has 1 aliphatic rings. The third kappa shape index (κ3) is 6.50. The molecule has 2 amide bonds. The molecule has 37 heavy (non-hydrogen) atoms. The Bertz CT molecular complexity index is 1300. The highest BCUT2D eigenvalue weighted by atomic mass is 32.2. The second-order valence-electron chi connectivity index (χ2n) is 7.90. The summed E-state index contributed by atoms with van der Waals surface area (Å²) in [5.74, 6) is 1.33. The summed E-state index contributed by atoms with van der Waals surface area (Å²) in [6, 6.07) is 21.3. The zero-order valence-electron chi connectivity index (χ0n) is 20.8. The maximum atomic E-state index is 13.4. The van der Waals surface area contributed by atoms with Crippen molar-refractivity contribution < 1.29 is 23.8 Å². The van der Waals surface area contributed by atoms with Crippen molar-refractivity contribution in [1.82, 2.24) is 0 Å². The number of carbonyl (C=O) groups excluding carboxylic acids is 2. The minimum atomic E-state index is -0.418. The van der Waals surface area contributed by atoms with Crippen LogP contribution in [0.4, 0.5) is 17.1 Å². The summed E-state index contributed by atoms with van der Waals surface area (Å²) < 4.78 is 16.0. The Morgan fingerprint density at radius 2 is 1.51 bits per heavy atom. The van der Waals surface area contributed by atoms with Crippen molar-refractivity contribution in [3.63, 3.8) is 0 Å². The molecule has 1 N–H and O–H groups in total. The van der Waals surface area contributed by atoms with E-state index in [1.165, 1.54) is 11.0 Å². The lowest BCUT2D eigenvalue weighted by Crippen LogP contribution is -2.28. The van der Waals surface area contributed by atoms with Crippen LogP contribution in [0.2, 0.25) is 0 Å². The van der Waals surface area contributed by atoms with Gasteiger partial charge in [-0.3, -0.25) is 14.5 Å². The number of ether oxygens (including phenoxy) is 3. The first-order valence-electron chi connectivity index (χ1n) is 11.7. The monoisotopic (exact) mass is 517 g/mol. The van der Waals surface area contributed by atoms with Gasteiger partial charge in [-0.25, -0.2) is 4.99 Å². The highest BCUT2D eigenvalue weighted by molar-refractivity contribution is 8.19. The predicted octanol–water partition coefficient (Wildman–Crippen LogP) is 5.78. The molecule has 0 radical (unpaired) electrons. The molecule has 1 aliphatic heterocycles. The molecule has 0 saturated carbocycles. The van der Waals surface area contributed by atoms with Gasteiger partial charge >= 0.3 is 0 Å². The average Bonchev–Trinajstić information content (AvgIpc) is 3.22. The highest BCUT2D eigenvalue weighted by Crippen LogP contribution is 2.37. The topological polar surface area (TPSA) is 89.5 Å². The van der Waals surface area contributed by atoms with Crippen LogP contribution in [0.15, 0.2) is 88.8 Å². The fraction of sp³-hybridized carbons (Fsp3) is 0.179. The van der Waals surface area contributed by atoms with Crippen molar-refractivity contribution in [3.8, 4) is 17.2 Å². The molecular weight excluding hydrogens is 490 g/mol. The number of amidine groups is 1. The van der Waals surface area contributed by atoms with Crippen molar-refractivity contribution in [2.75, 3.05) is 31.0 Å². The van der Waals surface area contributed by atoms with Gasteiger partial charge in [0, 0.05) is 11.8 Å². The minimum absolute atomic E-state index is 0.253. The summed E-state index contributed by atoms with van der Waals surface area (Å²) >= 11 is 1.13. The predicted molar refractivity (Wildman–Crippen MR) is 147 cm³/mol. The molecule has 0 aromatic heterocycles. The van der Waals surface area contributed by atoms with Crippen LogP contribution in [0.1, 0.15) is 13.3 Å². The Hall–Kier alpha value is -4.24. The first kappa shape index (κ1) is 25.8. The van der Waals surface area contributed by atoms with Crippen LogP contribution in [-0.2, 0) is 9.59 Å².